The van der Waals surface area contributed by atoms with Crippen molar-refractivity contribution in [2.75, 3.05) is 52.5 Å². The Morgan fingerprint density at radius 3 is 2.42 bits per heavy atom. The highest BCUT2D eigenvalue weighted by Gasteiger charge is 2.36. The van der Waals surface area contributed by atoms with E-state index in [2.05, 4.69) is 4.90 Å². The third-order valence-corrected chi connectivity index (χ3v) is 5.39. The highest BCUT2D eigenvalue weighted by Crippen LogP contribution is 2.27. The predicted octanol–water partition coefficient (Wildman–Crippen LogP) is 1.32. The number of morpholine rings is 1. The summed E-state index contributed by atoms with van der Waals surface area (Å²) in [6.45, 7) is 9.89. The SMILES string of the molecule is Cc1cccc(C)c1C(=O)N1C[C@@H](CN2CCOCC2)[C@@H](CO)C1. The zero-order valence-corrected chi connectivity index (χ0v) is 14.7. The highest BCUT2D eigenvalue weighted by atomic mass is 16.5. The van der Waals surface area contributed by atoms with Crippen LogP contribution < -0.4 is 0 Å². The number of hydrogen-bond donors (Lipinski definition) is 1. The summed E-state index contributed by atoms with van der Waals surface area (Å²) in [6, 6.07) is 5.97. The molecule has 2 saturated heterocycles. The number of aryl methyl sites for hydroxylation is 2. The molecule has 1 amide bonds. The minimum absolute atomic E-state index is 0.105. The maximum Gasteiger partial charge on any atom is 0.254 e. The zero-order valence-electron chi connectivity index (χ0n) is 14.7. The van der Waals surface area contributed by atoms with Gasteiger partial charge in [0.25, 0.3) is 5.91 Å². The Hall–Kier alpha value is -1.43. The average Bonchev–Trinajstić information content (AvgIpc) is 2.98. The van der Waals surface area contributed by atoms with Crippen LogP contribution in [0.25, 0.3) is 0 Å². The highest BCUT2D eigenvalue weighted by molar-refractivity contribution is 5.97. The van der Waals surface area contributed by atoms with Crippen LogP contribution in [-0.4, -0.2) is 73.4 Å². The number of ether oxygens (including phenoxy) is 1. The first-order chi connectivity index (χ1) is 11.6. The van der Waals surface area contributed by atoms with Gasteiger partial charge in [0, 0.05) is 50.8 Å². The Labute approximate surface area is 144 Å². The molecule has 0 aliphatic carbocycles. The number of carbonyl (C=O) groups excluding carboxylic acids is 1. The Morgan fingerprint density at radius 1 is 1.17 bits per heavy atom. The van der Waals surface area contributed by atoms with E-state index in [1.807, 2.05) is 36.9 Å². The molecular weight excluding hydrogens is 304 g/mol. The molecule has 2 heterocycles. The van der Waals surface area contributed by atoms with Crippen LogP contribution in [-0.2, 0) is 4.74 Å². The van der Waals surface area contributed by atoms with Crippen LogP contribution in [0.1, 0.15) is 21.5 Å². The third-order valence-electron chi connectivity index (χ3n) is 5.39. The van der Waals surface area contributed by atoms with Crippen molar-refractivity contribution in [3.63, 3.8) is 0 Å². The lowest BCUT2D eigenvalue weighted by molar-refractivity contribution is 0.0264. The minimum atomic E-state index is 0.105. The molecule has 132 valence electrons. The lowest BCUT2D eigenvalue weighted by Gasteiger charge is -2.30. The summed E-state index contributed by atoms with van der Waals surface area (Å²) >= 11 is 0. The van der Waals surface area contributed by atoms with Gasteiger partial charge in [-0.15, -0.1) is 0 Å². The van der Waals surface area contributed by atoms with E-state index in [-0.39, 0.29) is 18.4 Å². The van der Waals surface area contributed by atoms with E-state index >= 15 is 0 Å². The van der Waals surface area contributed by atoms with Crippen molar-refractivity contribution in [3.8, 4) is 0 Å². The lowest BCUT2D eigenvalue weighted by Crippen LogP contribution is -2.41. The van der Waals surface area contributed by atoms with E-state index in [9.17, 15) is 9.90 Å². The van der Waals surface area contributed by atoms with Gasteiger partial charge in [-0.25, -0.2) is 0 Å². The summed E-state index contributed by atoms with van der Waals surface area (Å²) in [5.41, 5.74) is 2.87. The number of benzene rings is 1. The molecular formula is C19H28N2O3. The molecule has 3 rings (SSSR count). The van der Waals surface area contributed by atoms with Gasteiger partial charge in [0.2, 0.25) is 0 Å². The first kappa shape index (κ1) is 17.4. The maximum atomic E-state index is 13.0. The molecule has 0 unspecified atom stereocenters. The van der Waals surface area contributed by atoms with Crippen LogP contribution in [0.15, 0.2) is 18.2 Å². The first-order valence-corrected chi connectivity index (χ1v) is 8.86. The molecule has 5 nitrogen and oxygen atoms in total. The number of rotatable bonds is 4. The summed E-state index contributed by atoms with van der Waals surface area (Å²) < 4.78 is 5.41. The lowest BCUT2D eigenvalue weighted by atomic mass is 9.96. The molecule has 2 atom stereocenters. The molecule has 0 saturated carbocycles. The van der Waals surface area contributed by atoms with Crippen molar-refractivity contribution in [2.45, 2.75) is 13.8 Å². The molecule has 1 aromatic carbocycles. The summed E-state index contributed by atoms with van der Waals surface area (Å²) in [5.74, 6) is 0.607. The van der Waals surface area contributed by atoms with Gasteiger partial charge in [-0.2, -0.15) is 0 Å². The Kier molecular flexibility index (Phi) is 5.54. The Bertz CT molecular complexity index is 564. The van der Waals surface area contributed by atoms with E-state index in [1.54, 1.807) is 0 Å². The van der Waals surface area contributed by atoms with Gasteiger partial charge in [0.15, 0.2) is 0 Å². The van der Waals surface area contributed by atoms with Crippen molar-refractivity contribution in [2.24, 2.45) is 11.8 Å². The molecule has 1 aromatic rings. The number of likely N-dealkylation sites (tertiary alicyclic amines) is 1. The van der Waals surface area contributed by atoms with Crippen molar-refractivity contribution in [1.29, 1.82) is 0 Å². The normalized spacial score (nSPS) is 25.2. The average molecular weight is 332 g/mol. The maximum absolute atomic E-state index is 13.0. The quantitative estimate of drug-likeness (QED) is 0.903. The largest absolute Gasteiger partial charge is 0.396 e. The number of amides is 1. The van der Waals surface area contributed by atoms with Crippen LogP contribution in [0.2, 0.25) is 0 Å². The van der Waals surface area contributed by atoms with E-state index in [4.69, 9.17) is 4.74 Å². The van der Waals surface area contributed by atoms with Gasteiger partial charge < -0.3 is 14.7 Å². The van der Waals surface area contributed by atoms with Crippen molar-refractivity contribution >= 4 is 5.91 Å². The number of aliphatic hydroxyl groups excluding tert-OH is 1. The Morgan fingerprint density at radius 2 is 1.79 bits per heavy atom. The van der Waals surface area contributed by atoms with Crippen molar-refractivity contribution < 1.29 is 14.6 Å². The predicted molar refractivity (Wildman–Crippen MR) is 93.1 cm³/mol. The fourth-order valence-corrected chi connectivity index (χ4v) is 3.94. The van der Waals surface area contributed by atoms with Gasteiger partial charge in [0.1, 0.15) is 0 Å². The second-order valence-corrected chi connectivity index (χ2v) is 7.09. The molecule has 2 aliphatic heterocycles. The number of hydrogen-bond acceptors (Lipinski definition) is 4. The Balaban J connectivity index is 1.70. The molecule has 0 spiro atoms. The fourth-order valence-electron chi connectivity index (χ4n) is 3.94. The summed E-state index contributed by atoms with van der Waals surface area (Å²) in [7, 11) is 0. The summed E-state index contributed by atoms with van der Waals surface area (Å²) in [6.07, 6.45) is 0. The van der Waals surface area contributed by atoms with Crippen LogP contribution in [0.5, 0.6) is 0 Å². The van der Waals surface area contributed by atoms with E-state index in [0.29, 0.717) is 12.5 Å². The number of carbonyl (C=O) groups is 1. The van der Waals surface area contributed by atoms with Crippen LogP contribution >= 0.6 is 0 Å². The molecule has 0 radical (unpaired) electrons. The number of nitrogens with zero attached hydrogens (tertiary/aromatic N) is 2. The smallest absolute Gasteiger partial charge is 0.254 e. The monoisotopic (exact) mass is 332 g/mol. The molecule has 1 N–H and O–H groups in total. The van der Waals surface area contributed by atoms with Crippen LogP contribution in [0.4, 0.5) is 0 Å². The molecule has 0 bridgehead atoms. The molecule has 2 aliphatic rings. The van der Waals surface area contributed by atoms with Crippen molar-refractivity contribution in [1.82, 2.24) is 9.80 Å². The van der Waals surface area contributed by atoms with Crippen LogP contribution in [0, 0.1) is 25.7 Å². The topological polar surface area (TPSA) is 53.0 Å². The van der Waals surface area contributed by atoms with Crippen LogP contribution in [0.3, 0.4) is 0 Å². The van der Waals surface area contributed by atoms with E-state index < -0.39 is 0 Å². The molecule has 0 aromatic heterocycles. The minimum Gasteiger partial charge on any atom is -0.396 e. The summed E-state index contributed by atoms with van der Waals surface area (Å²) in [5, 5.41) is 9.76. The van der Waals surface area contributed by atoms with Gasteiger partial charge >= 0.3 is 0 Å². The van der Waals surface area contributed by atoms with Crippen molar-refractivity contribution in [3.05, 3.63) is 34.9 Å². The van der Waals surface area contributed by atoms with Gasteiger partial charge in [-0.3, -0.25) is 9.69 Å². The molecule has 24 heavy (non-hydrogen) atoms. The first-order valence-electron chi connectivity index (χ1n) is 8.86. The van der Waals surface area contributed by atoms with Gasteiger partial charge in [0.05, 0.1) is 13.2 Å². The second kappa shape index (κ2) is 7.64. The third kappa shape index (κ3) is 3.63. The standard InChI is InChI=1S/C19H28N2O3/c1-14-4-3-5-15(2)18(14)19(23)21-11-16(17(12-21)13-22)10-20-6-8-24-9-7-20/h3-5,16-17,22H,6-13H2,1-2H3/t16-,17-/m1/s1. The van der Waals surface area contributed by atoms with Gasteiger partial charge in [-0.05, 0) is 30.9 Å². The molecule has 2 fully saturated rings. The number of aliphatic hydroxyl groups is 1. The fraction of sp³-hybridized carbons (Fsp3) is 0.632. The second-order valence-electron chi connectivity index (χ2n) is 7.09. The zero-order chi connectivity index (χ0) is 17.1. The van der Waals surface area contributed by atoms with E-state index in [1.165, 1.54) is 0 Å². The summed E-state index contributed by atoms with van der Waals surface area (Å²) in [4.78, 5) is 17.3. The van der Waals surface area contributed by atoms with Gasteiger partial charge in [-0.1, -0.05) is 18.2 Å². The van der Waals surface area contributed by atoms with E-state index in [0.717, 1.165) is 56.1 Å². The molecule has 5 heteroatoms.